The fourth-order valence-electron chi connectivity index (χ4n) is 2.83. The molecule has 1 aliphatic rings. The van der Waals surface area contributed by atoms with E-state index in [0.717, 1.165) is 18.1 Å². The van der Waals surface area contributed by atoms with Gasteiger partial charge in [0.25, 0.3) is 0 Å². The number of hydrogen-bond donors (Lipinski definition) is 1. The first-order valence-corrected chi connectivity index (χ1v) is 7.04. The normalized spacial score (nSPS) is 19.1. The van der Waals surface area contributed by atoms with E-state index in [1.54, 1.807) is 6.07 Å². The number of hydrogen-bond acceptors (Lipinski definition) is 2. The SMILES string of the molecule is NC(Cc1ccc(F)c(F)c1)C1OCCc2ccccc21. The molecular weight excluding hydrogens is 272 g/mol. The maximum atomic E-state index is 13.3. The van der Waals surface area contributed by atoms with Crippen LogP contribution in [0.4, 0.5) is 8.78 Å². The summed E-state index contributed by atoms with van der Waals surface area (Å²) >= 11 is 0. The van der Waals surface area contributed by atoms with Crippen molar-refractivity contribution in [3.05, 3.63) is 70.8 Å². The van der Waals surface area contributed by atoms with Crippen molar-refractivity contribution in [2.45, 2.75) is 25.0 Å². The fourth-order valence-corrected chi connectivity index (χ4v) is 2.83. The third-order valence-electron chi connectivity index (χ3n) is 3.87. The van der Waals surface area contributed by atoms with Crippen molar-refractivity contribution in [1.82, 2.24) is 0 Å². The molecule has 0 amide bonds. The van der Waals surface area contributed by atoms with Gasteiger partial charge in [0, 0.05) is 6.04 Å². The first kappa shape index (κ1) is 14.2. The van der Waals surface area contributed by atoms with Gasteiger partial charge >= 0.3 is 0 Å². The van der Waals surface area contributed by atoms with Gasteiger partial charge in [0.2, 0.25) is 0 Å². The molecule has 2 atom stereocenters. The molecule has 2 nitrogen and oxygen atoms in total. The molecule has 110 valence electrons. The Kier molecular flexibility index (Phi) is 3.99. The number of rotatable bonds is 3. The minimum atomic E-state index is -0.843. The summed E-state index contributed by atoms with van der Waals surface area (Å²) in [5.41, 5.74) is 9.26. The van der Waals surface area contributed by atoms with Crippen molar-refractivity contribution in [3.63, 3.8) is 0 Å². The Morgan fingerprint density at radius 2 is 1.95 bits per heavy atom. The number of fused-ring (bicyclic) bond motifs is 1. The lowest BCUT2D eigenvalue weighted by atomic mass is 9.91. The maximum Gasteiger partial charge on any atom is 0.159 e. The highest BCUT2D eigenvalue weighted by Crippen LogP contribution is 2.30. The minimum Gasteiger partial charge on any atom is -0.372 e. The predicted molar refractivity (Wildman–Crippen MR) is 76.9 cm³/mol. The van der Waals surface area contributed by atoms with Crippen molar-refractivity contribution in [1.29, 1.82) is 0 Å². The van der Waals surface area contributed by atoms with E-state index in [-0.39, 0.29) is 12.1 Å². The quantitative estimate of drug-likeness (QED) is 0.942. The molecule has 0 aromatic heterocycles. The van der Waals surface area contributed by atoms with Gasteiger partial charge in [-0.25, -0.2) is 8.78 Å². The van der Waals surface area contributed by atoms with Crippen LogP contribution in [0, 0.1) is 11.6 Å². The van der Waals surface area contributed by atoms with Crippen LogP contribution in [-0.4, -0.2) is 12.6 Å². The van der Waals surface area contributed by atoms with Crippen molar-refractivity contribution >= 4 is 0 Å². The maximum absolute atomic E-state index is 13.3. The van der Waals surface area contributed by atoms with Gasteiger partial charge in [0.1, 0.15) is 0 Å². The van der Waals surface area contributed by atoms with Crippen LogP contribution in [0.2, 0.25) is 0 Å². The van der Waals surface area contributed by atoms with Crippen LogP contribution in [0.5, 0.6) is 0 Å². The van der Waals surface area contributed by atoms with Gasteiger partial charge in [-0.2, -0.15) is 0 Å². The van der Waals surface area contributed by atoms with E-state index in [0.29, 0.717) is 18.6 Å². The van der Waals surface area contributed by atoms with Gasteiger partial charge < -0.3 is 10.5 Å². The Balaban J connectivity index is 1.80. The third kappa shape index (κ3) is 2.96. The van der Waals surface area contributed by atoms with Crippen molar-refractivity contribution in [2.75, 3.05) is 6.61 Å². The highest BCUT2D eigenvalue weighted by Gasteiger charge is 2.26. The van der Waals surface area contributed by atoms with Crippen LogP contribution in [-0.2, 0) is 17.6 Å². The van der Waals surface area contributed by atoms with Gasteiger partial charge in [-0.3, -0.25) is 0 Å². The van der Waals surface area contributed by atoms with E-state index in [4.69, 9.17) is 10.5 Å². The van der Waals surface area contributed by atoms with Gasteiger partial charge in [0.05, 0.1) is 12.7 Å². The lowest BCUT2D eigenvalue weighted by Crippen LogP contribution is -2.35. The summed E-state index contributed by atoms with van der Waals surface area (Å²) in [7, 11) is 0. The summed E-state index contributed by atoms with van der Waals surface area (Å²) in [5.74, 6) is -1.68. The minimum absolute atomic E-state index is 0.205. The zero-order valence-electron chi connectivity index (χ0n) is 11.6. The number of ether oxygens (including phenoxy) is 1. The second-order valence-electron chi connectivity index (χ2n) is 5.36. The molecule has 2 aromatic rings. The van der Waals surface area contributed by atoms with Crippen LogP contribution in [0.1, 0.15) is 22.8 Å². The molecule has 1 aliphatic heterocycles. The molecule has 0 radical (unpaired) electrons. The van der Waals surface area contributed by atoms with E-state index in [9.17, 15) is 8.78 Å². The smallest absolute Gasteiger partial charge is 0.159 e. The molecule has 0 bridgehead atoms. The summed E-state index contributed by atoms with van der Waals surface area (Å²) < 4.78 is 32.0. The summed E-state index contributed by atoms with van der Waals surface area (Å²) in [6, 6.07) is 11.7. The molecule has 0 fully saturated rings. The summed E-state index contributed by atoms with van der Waals surface area (Å²) in [6.07, 6.45) is 1.11. The Morgan fingerprint density at radius 1 is 1.14 bits per heavy atom. The molecule has 0 spiro atoms. The van der Waals surface area contributed by atoms with Crippen molar-refractivity contribution < 1.29 is 13.5 Å². The van der Waals surface area contributed by atoms with E-state index >= 15 is 0 Å². The van der Waals surface area contributed by atoms with Gasteiger partial charge in [0.15, 0.2) is 11.6 Å². The molecule has 2 unspecified atom stereocenters. The second-order valence-corrected chi connectivity index (χ2v) is 5.36. The second kappa shape index (κ2) is 5.92. The average molecular weight is 289 g/mol. The van der Waals surface area contributed by atoms with E-state index in [1.807, 2.05) is 18.2 Å². The van der Waals surface area contributed by atoms with Crippen molar-refractivity contribution in [3.8, 4) is 0 Å². The Labute approximate surface area is 122 Å². The Hall–Kier alpha value is -1.78. The lowest BCUT2D eigenvalue weighted by molar-refractivity contribution is 0.0246. The third-order valence-corrected chi connectivity index (χ3v) is 3.87. The molecule has 2 N–H and O–H groups in total. The monoisotopic (exact) mass is 289 g/mol. The molecule has 0 saturated carbocycles. The van der Waals surface area contributed by atoms with Crippen LogP contribution in [0.3, 0.4) is 0 Å². The standard InChI is InChI=1S/C17H17F2NO/c18-14-6-5-11(9-15(14)19)10-16(20)17-13-4-2-1-3-12(13)7-8-21-17/h1-6,9,16-17H,7-8,10,20H2. The largest absolute Gasteiger partial charge is 0.372 e. The van der Waals surface area contributed by atoms with Crippen LogP contribution in [0.15, 0.2) is 42.5 Å². The molecule has 0 saturated heterocycles. The molecule has 21 heavy (non-hydrogen) atoms. The van der Waals surface area contributed by atoms with Crippen LogP contribution in [0.25, 0.3) is 0 Å². The van der Waals surface area contributed by atoms with Gasteiger partial charge in [-0.05, 0) is 41.7 Å². The number of benzene rings is 2. The molecular formula is C17H17F2NO. The van der Waals surface area contributed by atoms with Crippen molar-refractivity contribution in [2.24, 2.45) is 5.73 Å². The lowest BCUT2D eigenvalue weighted by Gasteiger charge is -2.30. The van der Waals surface area contributed by atoms with E-state index in [1.165, 1.54) is 11.6 Å². The summed E-state index contributed by atoms with van der Waals surface area (Å²) in [6.45, 7) is 0.632. The Bertz CT molecular complexity index is 644. The topological polar surface area (TPSA) is 35.2 Å². The zero-order valence-corrected chi connectivity index (χ0v) is 11.6. The summed E-state index contributed by atoms with van der Waals surface area (Å²) in [5, 5.41) is 0. The van der Waals surface area contributed by atoms with E-state index in [2.05, 4.69) is 6.07 Å². The zero-order chi connectivity index (χ0) is 14.8. The first-order chi connectivity index (χ1) is 10.1. The summed E-state index contributed by atoms with van der Waals surface area (Å²) in [4.78, 5) is 0. The Morgan fingerprint density at radius 3 is 2.76 bits per heavy atom. The molecule has 1 heterocycles. The van der Waals surface area contributed by atoms with Crippen LogP contribution < -0.4 is 5.73 Å². The highest BCUT2D eigenvalue weighted by molar-refractivity contribution is 5.32. The highest BCUT2D eigenvalue weighted by atomic mass is 19.2. The predicted octanol–water partition coefficient (Wildman–Crippen LogP) is 3.15. The molecule has 2 aromatic carbocycles. The van der Waals surface area contributed by atoms with Crippen LogP contribution >= 0.6 is 0 Å². The van der Waals surface area contributed by atoms with E-state index < -0.39 is 11.6 Å². The molecule has 4 heteroatoms. The van der Waals surface area contributed by atoms with Gasteiger partial charge in [-0.1, -0.05) is 30.3 Å². The molecule has 3 rings (SSSR count). The number of nitrogens with two attached hydrogens (primary N) is 1. The molecule has 0 aliphatic carbocycles. The fraction of sp³-hybridized carbons (Fsp3) is 0.294. The number of halogens is 2. The van der Waals surface area contributed by atoms with Gasteiger partial charge in [-0.15, -0.1) is 0 Å². The first-order valence-electron chi connectivity index (χ1n) is 7.04. The average Bonchev–Trinajstić information content (AvgIpc) is 2.50.